The summed E-state index contributed by atoms with van der Waals surface area (Å²) in [6.45, 7) is 25.5. The van der Waals surface area contributed by atoms with E-state index in [1.54, 1.807) is 72.7 Å². The van der Waals surface area contributed by atoms with Crippen LogP contribution in [0.1, 0.15) is 132 Å². The molecule has 386 valence electrons. The number of ketones is 1. The Kier molecular flexibility index (Phi) is 14.2. The van der Waals surface area contributed by atoms with Crippen LogP contribution in [0.5, 0.6) is 11.5 Å². The quantitative estimate of drug-likeness (QED) is 0.0746. The molecule has 2 aromatic rings. The van der Waals surface area contributed by atoms with E-state index in [9.17, 15) is 19.5 Å². The van der Waals surface area contributed by atoms with Gasteiger partial charge in [0.15, 0.2) is 17.5 Å². The molecule has 2 saturated carbocycles. The Morgan fingerprint density at radius 2 is 1.59 bits per heavy atom. The number of carbonyl (C=O) groups excluding carboxylic acids is 5. The summed E-state index contributed by atoms with van der Waals surface area (Å²) in [6, 6.07) is 6.58. The van der Waals surface area contributed by atoms with Crippen LogP contribution in [0.4, 0.5) is 4.79 Å². The molecular formula is C52H73NO16Si. The van der Waals surface area contributed by atoms with E-state index in [0.29, 0.717) is 16.9 Å². The van der Waals surface area contributed by atoms with Crippen molar-refractivity contribution in [2.24, 2.45) is 16.7 Å². The number of carbonyl (C=O) groups is 5. The highest BCUT2D eigenvalue weighted by Crippen LogP contribution is 2.67. The Bertz CT molecular complexity index is 2360. The second kappa shape index (κ2) is 18.7. The van der Waals surface area contributed by atoms with E-state index in [2.05, 4.69) is 46.9 Å². The molecule has 70 heavy (non-hydrogen) atoms. The van der Waals surface area contributed by atoms with E-state index >= 15 is 9.59 Å². The van der Waals surface area contributed by atoms with Crippen molar-refractivity contribution >= 4 is 38.1 Å². The molecule has 0 unspecified atom stereocenters. The zero-order valence-corrected chi connectivity index (χ0v) is 44.5. The molecule has 3 aliphatic carbocycles. The highest BCUT2D eigenvalue weighted by molar-refractivity contribution is 6.77. The van der Waals surface area contributed by atoms with Gasteiger partial charge in [-0.05, 0) is 92.7 Å². The predicted molar refractivity (Wildman–Crippen MR) is 256 cm³/mol. The molecule has 0 radical (unpaired) electrons. The van der Waals surface area contributed by atoms with Gasteiger partial charge in [-0.15, -0.1) is 0 Å². The molecule has 7 rings (SSSR count). The van der Waals surface area contributed by atoms with Crippen molar-refractivity contribution in [3.8, 4) is 11.5 Å². The highest BCUT2D eigenvalue weighted by Gasteiger charge is 2.80. The summed E-state index contributed by atoms with van der Waals surface area (Å²) < 4.78 is 62.6. The van der Waals surface area contributed by atoms with Crippen LogP contribution in [-0.4, -0.2) is 117 Å². The van der Waals surface area contributed by atoms with Crippen LogP contribution in [0.25, 0.3) is 0 Å². The molecule has 1 aromatic carbocycles. The third kappa shape index (κ3) is 8.46. The summed E-state index contributed by atoms with van der Waals surface area (Å²) in [5, 5.41) is 16.9. The van der Waals surface area contributed by atoms with Crippen molar-refractivity contribution in [2.45, 2.75) is 186 Å². The van der Waals surface area contributed by atoms with Crippen LogP contribution in [0.2, 0.25) is 16.6 Å². The number of alkyl carbamates (subject to hydrolysis) is 1. The van der Waals surface area contributed by atoms with Crippen molar-refractivity contribution in [3.63, 3.8) is 0 Å². The van der Waals surface area contributed by atoms with E-state index in [1.807, 2.05) is 0 Å². The minimum Gasteiger partial charge on any atom is -0.497 e. The predicted octanol–water partition coefficient (Wildman–Crippen LogP) is 8.12. The molecular weight excluding hydrogens is 923 g/mol. The van der Waals surface area contributed by atoms with Crippen LogP contribution in [-0.2, 0) is 47.2 Å². The number of Topliss-reactive ketones (excluding diaryl/α,β-unsaturated/α-hetero) is 1. The molecule has 11 atom stereocenters. The smallest absolute Gasteiger partial charge is 0.408 e. The lowest BCUT2D eigenvalue weighted by Gasteiger charge is -2.65. The molecule has 2 N–H and O–H groups in total. The van der Waals surface area contributed by atoms with Gasteiger partial charge in [0.1, 0.15) is 64.5 Å². The SMILES string of the molecule is COc1ccc(OC)c(C(=O)O[C@H]2[C@@H]3[C@]4(OC(C)=O)CO[C@@H]4C[C@H]4O[C@@H](C(=O)[C@@]34C)C3=C(C)[C@@H](OC(=O)[C@H](O[Si](C(C)C)(C(C)C)C(C)C)[C@@H](NC(=O)OC(C)(C)C)c4ccco4)C[C@]2(O)C3(C)C)c1. The van der Waals surface area contributed by atoms with E-state index in [1.165, 1.54) is 33.5 Å². The first kappa shape index (κ1) is 53.1. The van der Waals surface area contributed by atoms with Crippen molar-refractivity contribution in [2.75, 3.05) is 20.8 Å². The fraction of sp³-hybridized carbons (Fsp3) is 0.673. The normalized spacial score (nSPS) is 30.9. The Balaban J connectivity index is 1.43. The number of aliphatic hydroxyl groups is 1. The van der Waals surface area contributed by atoms with Gasteiger partial charge in [0, 0.05) is 25.2 Å². The Labute approximate surface area is 412 Å². The molecule has 1 aromatic heterocycles. The van der Waals surface area contributed by atoms with Crippen molar-refractivity contribution < 1.29 is 75.8 Å². The number of nitrogens with one attached hydrogen (secondary N) is 1. The number of hydrogen-bond donors (Lipinski definition) is 2. The van der Waals surface area contributed by atoms with Crippen LogP contribution in [0, 0.1) is 16.7 Å². The average molecular weight is 996 g/mol. The van der Waals surface area contributed by atoms with Gasteiger partial charge in [0.05, 0.1) is 44.5 Å². The fourth-order valence-electron chi connectivity index (χ4n) is 12.9. The lowest BCUT2D eigenvalue weighted by molar-refractivity contribution is -0.338. The second-order valence-electron chi connectivity index (χ2n) is 22.4. The summed E-state index contributed by atoms with van der Waals surface area (Å²) >= 11 is 0. The Hall–Kier alpha value is -4.75. The number of esters is 3. The maximum Gasteiger partial charge on any atom is 0.408 e. The Morgan fingerprint density at radius 1 is 0.929 bits per heavy atom. The molecule has 3 heterocycles. The van der Waals surface area contributed by atoms with Crippen LogP contribution in [0.3, 0.4) is 0 Å². The number of ether oxygens (including phenoxy) is 8. The first-order chi connectivity index (χ1) is 32.5. The summed E-state index contributed by atoms with van der Waals surface area (Å²) in [5.41, 5.74) is -7.02. The maximum atomic E-state index is 15.6. The topological polar surface area (TPSA) is 214 Å². The summed E-state index contributed by atoms with van der Waals surface area (Å²) in [6.07, 6.45) is -7.06. The van der Waals surface area contributed by atoms with Gasteiger partial charge in [-0.25, -0.2) is 14.4 Å². The second-order valence-corrected chi connectivity index (χ2v) is 27.8. The number of methoxy groups -OCH3 is 2. The lowest BCUT2D eigenvalue weighted by atomic mass is 9.46. The molecule has 5 aliphatic rings. The standard InChI is InChI=1S/C52H73NO16Si/c1-26(2)70(27(3)4,28(5)6)69-41(39(34-18-17-21-62-34)53-47(58)68-48(9,10)11)46(57)64-35-24-52(59)44(66-45(56)32-22-31(60-15)19-20-33(32)61-16)42-50(14)36(23-37-51(42,25-63-37)67-30(8)54)65-40(43(50)55)38(29(35)7)49(52,12)13/h17-22,26-28,35-37,39-42,44,59H,23-25H2,1-16H3,(H,53,58)/t35-,36+,37+,39-,40+,41+,42-,44-,50+,51-,52+/m0/s1. The third-order valence-electron chi connectivity index (χ3n) is 16.1. The summed E-state index contributed by atoms with van der Waals surface area (Å²) in [5.74, 6) is -3.49. The van der Waals surface area contributed by atoms with Crippen LogP contribution >= 0.6 is 0 Å². The Morgan fingerprint density at radius 3 is 2.11 bits per heavy atom. The van der Waals surface area contributed by atoms with Gasteiger partial charge in [0.2, 0.25) is 8.32 Å². The number of amides is 1. The van der Waals surface area contributed by atoms with Gasteiger partial charge in [-0.2, -0.15) is 0 Å². The van der Waals surface area contributed by atoms with E-state index in [-0.39, 0.29) is 58.9 Å². The van der Waals surface area contributed by atoms with Gasteiger partial charge in [0.25, 0.3) is 0 Å². The summed E-state index contributed by atoms with van der Waals surface area (Å²) in [4.78, 5) is 73.0. The molecule has 0 spiro atoms. The number of fused-ring (bicyclic) bond motifs is 6. The molecule has 1 amide bonds. The fourth-order valence-corrected chi connectivity index (χ4v) is 18.4. The number of hydrogen-bond acceptors (Lipinski definition) is 16. The number of furan rings is 1. The zero-order chi connectivity index (χ0) is 51.8. The number of rotatable bonds is 15. The molecule has 18 heteroatoms. The van der Waals surface area contributed by atoms with Crippen molar-refractivity contribution in [1.82, 2.24) is 5.32 Å². The summed E-state index contributed by atoms with van der Waals surface area (Å²) in [7, 11) is -0.189. The monoisotopic (exact) mass is 995 g/mol. The molecule has 17 nitrogen and oxygen atoms in total. The minimum atomic E-state index is -3.03. The van der Waals surface area contributed by atoms with Gasteiger partial charge in [-0.3, -0.25) is 9.59 Å². The van der Waals surface area contributed by atoms with E-state index < -0.39 is 109 Å². The highest BCUT2D eigenvalue weighted by atomic mass is 28.4. The minimum absolute atomic E-state index is 0.0325. The molecule has 2 aliphatic heterocycles. The molecule has 2 saturated heterocycles. The van der Waals surface area contributed by atoms with Gasteiger partial charge in [-0.1, -0.05) is 55.4 Å². The largest absolute Gasteiger partial charge is 0.497 e. The number of benzene rings is 1. The first-order valence-electron chi connectivity index (χ1n) is 24.3. The van der Waals surface area contributed by atoms with Gasteiger partial charge >= 0.3 is 24.0 Å². The van der Waals surface area contributed by atoms with Crippen molar-refractivity contribution in [1.29, 1.82) is 0 Å². The van der Waals surface area contributed by atoms with Crippen molar-refractivity contribution in [3.05, 3.63) is 59.1 Å². The maximum absolute atomic E-state index is 15.6. The van der Waals surface area contributed by atoms with Crippen LogP contribution in [0.15, 0.2) is 52.2 Å². The van der Waals surface area contributed by atoms with Gasteiger partial charge < -0.3 is 57.2 Å². The molecule has 4 bridgehead atoms. The first-order valence-corrected chi connectivity index (χ1v) is 26.5. The van der Waals surface area contributed by atoms with E-state index in [0.717, 1.165) is 0 Å². The van der Waals surface area contributed by atoms with Crippen LogP contribution < -0.4 is 14.8 Å². The third-order valence-corrected chi connectivity index (χ3v) is 22.2. The lowest BCUT2D eigenvalue weighted by Crippen LogP contribution is -2.80. The molecule has 4 fully saturated rings. The average Bonchev–Trinajstić information content (AvgIpc) is 3.88. The van der Waals surface area contributed by atoms with E-state index in [4.69, 9.17) is 46.7 Å². The zero-order valence-electron chi connectivity index (χ0n) is 43.5.